The lowest BCUT2D eigenvalue weighted by molar-refractivity contribution is 0.246. The van der Waals surface area contributed by atoms with Crippen LogP contribution in [0.25, 0.3) is 0 Å². The number of para-hydroxylation sites is 2. The summed E-state index contributed by atoms with van der Waals surface area (Å²) in [5.74, 6) is 2.19. The Labute approximate surface area is 181 Å². The van der Waals surface area contributed by atoms with Gasteiger partial charge in [0.25, 0.3) is 0 Å². The summed E-state index contributed by atoms with van der Waals surface area (Å²) in [7, 11) is 1.62. The van der Waals surface area contributed by atoms with Crippen LogP contribution in [0.4, 0.5) is 10.5 Å². The van der Waals surface area contributed by atoms with Gasteiger partial charge in [-0.3, -0.25) is 0 Å². The Morgan fingerprint density at radius 1 is 0.903 bits per heavy atom. The maximum absolute atomic E-state index is 11.9. The fourth-order valence-electron chi connectivity index (χ4n) is 2.68. The van der Waals surface area contributed by atoms with Crippen molar-refractivity contribution in [1.82, 2.24) is 5.43 Å². The van der Waals surface area contributed by atoms with Crippen molar-refractivity contribution >= 4 is 17.9 Å². The predicted octanol–water partition coefficient (Wildman–Crippen LogP) is 4.70. The quantitative estimate of drug-likeness (QED) is 0.284. The molecule has 160 valence electrons. The molecule has 0 radical (unpaired) electrons. The van der Waals surface area contributed by atoms with Gasteiger partial charge in [0.2, 0.25) is 0 Å². The van der Waals surface area contributed by atoms with E-state index in [0.29, 0.717) is 31.1 Å². The number of methoxy groups -OCH3 is 1. The Hall–Kier alpha value is -4.00. The molecule has 2 N–H and O–H groups in total. The minimum absolute atomic E-state index is 0.421. The summed E-state index contributed by atoms with van der Waals surface area (Å²) in [5, 5.41) is 6.69. The number of carbonyl (C=O) groups is 1. The van der Waals surface area contributed by atoms with Gasteiger partial charge in [-0.1, -0.05) is 36.4 Å². The minimum atomic E-state index is -0.421. The van der Waals surface area contributed by atoms with E-state index in [1.54, 1.807) is 25.5 Å². The number of hydrazone groups is 1. The third-order valence-electron chi connectivity index (χ3n) is 4.18. The highest BCUT2D eigenvalue weighted by Gasteiger charge is 2.03. The average molecular weight is 419 g/mol. The van der Waals surface area contributed by atoms with Crippen LogP contribution >= 0.6 is 0 Å². The zero-order valence-corrected chi connectivity index (χ0v) is 17.3. The lowest BCUT2D eigenvalue weighted by Gasteiger charge is -2.10. The Balaban J connectivity index is 1.43. The molecule has 0 saturated heterocycles. The number of nitrogens with one attached hydrogen (secondary N) is 2. The van der Waals surface area contributed by atoms with Crippen molar-refractivity contribution in [3.8, 4) is 17.2 Å². The monoisotopic (exact) mass is 419 g/mol. The first-order valence-electron chi connectivity index (χ1n) is 9.88. The Morgan fingerprint density at radius 2 is 1.65 bits per heavy atom. The third kappa shape index (κ3) is 7.40. The van der Waals surface area contributed by atoms with E-state index in [2.05, 4.69) is 15.8 Å². The second-order valence-electron chi connectivity index (χ2n) is 6.46. The normalized spacial score (nSPS) is 10.5. The first-order valence-corrected chi connectivity index (χ1v) is 9.88. The van der Waals surface area contributed by atoms with Crippen LogP contribution in [0.5, 0.6) is 17.2 Å². The van der Waals surface area contributed by atoms with Gasteiger partial charge in [0.05, 0.1) is 26.5 Å². The van der Waals surface area contributed by atoms with Crippen molar-refractivity contribution in [3.63, 3.8) is 0 Å². The topological polar surface area (TPSA) is 81.2 Å². The number of hydrogen-bond acceptors (Lipinski definition) is 5. The van der Waals surface area contributed by atoms with E-state index < -0.39 is 6.03 Å². The first kappa shape index (κ1) is 21.7. The van der Waals surface area contributed by atoms with Crippen molar-refractivity contribution in [2.24, 2.45) is 5.10 Å². The van der Waals surface area contributed by atoms with E-state index in [1.807, 2.05) is 66.7 Å². The van der Waals surface area contributed by atoms with E-state index in [0.717, 1.165) is 17.1 Å². The van der Waals surface area contributed by atoms with Crippen molar-refractivity contribution in [3.05, 3.63) is 84.4 Å². The van der Waals surface area contributed by atoms with Gasteiger partial charge in [0, 0.05) is 23.7 Å². The van der Waals surface area contributed by atoms with Crippen LogP contribution in [-0.4, -0.2) is 32.6 Å². The number of benzene rings is 3. The van der Waals surface area contributed by atoms with E-state index >= 15 is 0 Å². The van der Waals surface area contributed by atoms with Crippen LogP contribution in [0.3, 0.4) is 0 Å². The first-order chi connectivity index (χ1) is 15.2. The molecule has 3 aromatic rings. The van der Waals surface area contributed by atoms with Gasteiger partial charge >= 0.3 is 6.03 Å². The van der Waals surface area contributed by atoms with Crippen LogP contribution in [0.2, 0.25) is 0 Å². The number of nitrogens with zero attached hydrogens (tertiary/aromatic N) is 1. The van der Waals surface area contributed by atoms with Crippen molar-refractivity contribution < 1.29 is 19.0 Å². The number of hydrogen-bond donors (Lipinski definition) is 2. The SMILES string of the molecule is COc1cccc(OCCCOc2ccccc2C=NNC(=O)Nc2ccccc2)c1. The lowest BCUT2D eigenvalue weighted by Crippen LogP contribution is -2.24. The van der Waals surface area contributed by atoms with Gasteiger partial charge in [-0.15, -0.1) is 0 Å². The maximum Gasteiger partial charge on any atom is 0.339 e. The Morgan fingerprint density at radius 3 is 2.48 bits per heavy atom. The fourth-order valence-corrected chi connectivity index (χ4v) is 2.68. The van der Waals surface area contributed by atoms with Gasteiger partial charge in [0.15, 0.2) is 0 Å². The molecule has 0 aromatic heterocycles. The summed E-state index contributed by atoms with van der Waals surface area (Å²) < 4.78 is 16.7. The van der Waals surface area contributed by atoms with Gasteiger partial charge < -0.3 is 19.5 Å². The maximum atomic E-state index is 11.9. The summed E-state index contributed by atoms with van der Waals surface area (Å²) in [6.07, 6.45) is 2.26. The number of ether oxygens (including phenoxy) is 3. The molecular formula is C24H25N3O4. The fraction of sp³-hybridized carbons (Fsp3) is 0.167. The van der Waals surface area contributed by atoms with Crippen LogP contribution in [0, 0.1) is 0 Å². The molecule has 0 aliphatic rings. The molecule has 0 aliphatic heterocycles. The lowest BCUT2D eigenvalue weighted by atomic mass is 10.2. The van der Waals surface area contributed by atoms with Crippen molar-refractivity contribution in [2.75, 3.05) is 25.6 Å². The Kier molecular flexibility index (Phi) is 8.31. The second-order valence-corrected chi connectivity index (χ2v) is 6.46. The van der Waals surface area contributed by atoms with Crippen LogP contribution in [-0.2, 0) is 0 Å². The van der Waals surface area contributed by atoms with E-state index in [4.69, 9.17) is 14.2 Å². The summed E-state index contributed by atoms with van der Waals surface area (Å²) in [6.45, 7) is 1.00. The molecule has 0 heterocycles. The largest absolute Gasteiger partial charge is 0.497 e. The van der Waals surface area contributed by atoms with Crippen molar-refractivity contribution in [2.45, 2.75) is 6.42 Å². The van der Waals surface area contributed by atoms with Crippen LogP contribution in [0.15, 0.2) is 84.0 Å². The molecule has 2 amide bonds. The summed E-state index contributed by atoms with van der Waals surface area (Å²) in [4.78, 5) is 11.9. The molecule has 0 spiro atoms. The molecule has 0 fully saturated rings. The second kappa shape index (κ2) is 11.9. The van der Waals surface area contributed by atoms with Crippen LogP contribution in [0.1, 0.15) is 12.0 Å². The molecule has 0 atom stereocenters. The molecule has 0 bridgehead atoms. The molecule has 3 rings (SSSR count). The van der Waals surface area contributed by atoms with Gasteiger partial charge in [-0.05, 0) is 36.4 Å². The number of rotatable bonds is 10. The molecular weight excluding hydrogens is 394 g/mol. The molecule has 7 nitrogen and oxygen atoms in total. The van der Waals surface area contributed by atoms with Gasteiger partial charge in [-0.25, -0.2) is 10.2 Å². The molecule has 0 aliphatic carbocycles. The Bertz CT molecular complexity index is 993. The standard InChI is InChI=1S/C24H25N3O4/c1-29-21-12-7-13-22(17-21)30-15-8-16-31-23-14-6-5-9-19(23)18-25-27-24(28)26-20-10-3-2-4-11-20/h2-7,9-14,17-18H,8,15-16H2,1H3,(H2,26,27,28). The van der Waals surface area contributed by atoms with E-state index in [9.17, 15) is 4.79 Å². The highest BCUT2D eigenvalue weighted by atomic mass is 16.5. The van der Waals surface area contributed by atoms with E-state index in [1.165, 1.54) is 0 Å². The average Bonchev–Trinajstić information content (AvgIpc) is 2.80. The minimum Gasteiger partial charge on any atom is -0.497 e. The molecule has 0 unspecified atom stereocenters. The number of anilines is 1. The molecule has 31 heavy (non-hydrogen) atoms. The van der Waals surface area contributed by atoms with Gasteiger partial charge in [-0.2, -0.15) is 5.10 Å². The highest BCUT2D eigenvalue weighted by molar-refractivity contribution is 5.90. The highest BCUT2D eigenvalue weighted by Crippen LogP contribution is 2.19. The number of carbonyl (C=O) groups excluding carboxylic acids is 1. The summed E-state index contributed by atoms with van der Waals surface area (Å²) >= 11 is 0. The molecule has 0 saturated carbocycles. The summed E-state index contributed by atoms with van der Waals surface area (Å²) in [6, 6.07) is 23.7. The van der Waals surface area contributed by atoms with E-state index in [-0.39, 0.29) is 0 Å². The number of urea groups is 1. The molecule has 7 heteroatoms. The smallest absolute Gasteiger partial charge is 0.339 e. The third-order valence-corrected chi connectivity index (χ3v) is 4.18. The zero-order valence-electron chi connectivity index (χ0n) is 17.3. The summed E-state index contributed by atoms with van der Waals surface area (Å²) in [5.41, 5.74) is 3.89. The predicted molar refractivity (Wildman–Crippen MR) is 121 cm³/mol. The number of amides is 2. The molecule has 3 aromatic carbocycles. The van der Waals surface area contributed by atoms with Crippen molar-refractivity contribution in [1.29, 1.82) is 0 Å². The van der Waals surface area contributed by atoms with Gasteiger partial charge in [0.1, 0.15) is 17.2 Å². The zero-order chi connectivity index (χ0) is 21.7. The van der Waals surface area contributed by atoms with Crippen LogP contribution < -0.4 is 25.0 Å².